The molecule has 2 aromatic heterocycles. The van der Waals surface area contributed by atoms with E-state index in [0.717, 1.165) is 5.56 Å². The summed E-state index contributed by atoms with van der Waals surface area (Å²) in [6.45, 7) is 3.99. The molecule has 1 N–H and O–H groups in total. The van der Waals surface area contributed by atoms with Crippen LogP contribution < -0.4 is 11.0 Å². The normalized spacial score (nSPS) is 12.5. The SMILES string of the molecule is CC(C)[C@H](NC(=O)Cn1ncc2cccn2c1=O)c1ccccc1. The van der Waals surface area contributed by atoms with E-state index < -0.39 is 0 Å². The Morgan fingerprint density at radius 1 is 1.17 bits per heavy atom. The minimum atomic E-state index is -0.326. The van der Waals surface area contributed by atoms with Crippen LogP contribution in [0, 0.1) is 5.92 Å². The minimum absolute atomic E-state index is 0.107. The summed E-state index contributed by atoms with van der Waals surface area (Å²) in [4.78, 5) is 24.7. The molecule has 0 spiro atoms. The summed E-state index contributed by atoms with van der Waals surface area (Å²) in [5.74, 6) is -0.00776. The standard InChI is InChI=1S/C18H20N4O2/c1-13(2)17(14-7-4-3-5-8-14)20-16(23)12-22-18(24)21-10-6-9-15(21)11-19-22/h3-11,13,17H,12H2,1-2H3,(H,20,23)/t17-/m0/s1. The summed E-state index contributed by atoms with van der Waals surface area (Å²) in [5, 5.41) is 7.07. The molecule has 3 rings (SSSR count). The van der Waals surface area contributed by atoms with E-state index in [-0.39, 0.29) is 30.1 Å². The van der Waals surface area contributed by atoms with Gasteiger partial charge in [0.2, 0.25) is 5.91 Å². The molecule has 24 heavy (non-hydrogen) atoms. The van der Waals surface area contributed by atoms with E-state index in [2.05, 4.69) is 10.4 Å². The monoisotopic (exact) mass is 324 g/mol. The summed E-state index contributed by atoms with van der Waals surface area (Å²) < 4.78 is 2.64. The van der Waals surface area contributed by atoms with Gasteiger partial charge in [0.05, 0.1) is 17.8 Å². The topological polar surface area (TPSA) is 68.4 Å². The summed E-state index contributed by atoms with van der Waals surface area (Å²) in [6.07, 6.45) is 3.24. The van der Waals surface area contributed by atoms with Crippen LogP contribution >= 0.6 is 0 Å². The maximum absolute atomic E-state index is 12.4. The lowest BCUT2D eigenvalue weighted by Gasteiger charge is -2.23. The Hall–Kier alpha value is -2.89. The predicted octanol–water partition coefficient (Wildman–Crippen LogP) is 2.01. The fourth-order valence-electron chi connectivity index (χ4n) is 2.73. The number of carbonyl (C=O) groups is 1. The minimum Gasteiger partial charge on any atom is -0.347 e. The first-order chi connectivity index (χ1) is 11.6. The van der Waals surface area contributed by atoms with Crippen molar-refractivity contribution in [1.29, 1.82) is 0 Å². The quantitative estimate of drug-likeness (QED) is 0.780. The fourth-order valence-corrected chi connectivity index (χ4v) is 2.73. The smallest absolute Gasteiger partial charge is 0.347 e. The van der Waals surface area contributed by atoms with Gasteiger partial charge in [0.15, 0.2) is 0 Å². The molecule has 0 saturated carbocycles. The van der Waals surface area contributed by atoms with Crippen LogP contribution in [-0.4, -0.2) is 20.1 Å². The van der Waals surface area contributed by atoms with Crippen LogP contribution in [-0.2, 0) is 11.3 Å². The van der Waals surface area contributed by atoms with Gasteiger partial charge in [-0.2, -0.15) is 5.10 Å². The Balaban J connectivity index is 1.78. The zero-order valence-corrected chi connectivity index (χ0v) is 13.7. The number of nitrogens with one attached hydrogen (secondary N) is 1. The molecule has 0 aliphatic rings. The molecule has 6 heteroatoms. The molecule has 1 atom stereocenters. The molecule has 0 aliphatic carbocycles. The highest BCUT2D eigenvalue weighted by Gasteiger charge is 2.19. The molecule has 2 heterocycles. The Bertz CT molecular complexity index is 896. The van der Waals surface area contributed by atoms with Crippen LogP contribution in [0.4, 0.5) is 0 Å². The van der Waals surface area contributed by atoms with E-state index >= 15 is 0 Å². The van der Waals surface area contributed by atoms with Crippen LogP contribution in [0.15, 0.2) is 59.7 Å². The number of nitrogens with zero attached hydrogens (tertiary/aromatic N) is 3. The zero-order chi connectivity index (χ0) is 17.1. The van der Waals surface area contributed by atoms with Crippen LogP contribution in [0.25, 0.3) is 5.52 Å². The van der Waals surface area contributed by atoms with E-state index in [1.807, 2.05) is 44.2 Å². The molecule has 0 bridgehead atoms. The van der Waals surface area contributed by atoms with Crippen molar-refractivity contribution in [3.63, 3.8) is 0 Å². The van der Waals surface area contributed by atoms with E-state index in [0.29, 0.717) is 5.52 Å². The average molecular weight is 324 g/mol. The molecule has 3 aromatic rings. The van der Waals surface area contributed by atoms with Crippen LogP contribution in [0.2, 0.25) is 0 Å². The Morgan fingerprint density at radius 2 is 1.92 bits per heavy atom. The van der Waals surface area contributed by atoms with Gasteiger partial charge in [-0.3, -0.25) is 9.20 Å². The average Bonchev–Trinajstić information content (AvgIpc) is 3.05. The van der Waals surface area contributed by atoms with E-state index in [4.69, 9.17) is 0 Å². The summed E-state index contributed by atoms with van der Waals surface area (Å²) >= 11 is 0. The van der Waals surface area contributed by atoms with Gasteiger partial charge in [-0.1, -0.05) is 44.2 Å². The molecule has 0 saturated heterocycles. The molecule has 6 nitrogen and oxygen atoms in total. The highest BCUT2D eigenvalue weighted by molar-refractivity contribution is 5.76. The molecule has 1 amide bonds. The van der Waals surface area contributed by atoms with Crippen molar-refractivity contribution >= 4 is 11.4 Å². The molecular weight excluding hydrogens is 304 g/mol. The lowest BCUT2D eigenvalue weighted by Crippen LogP contribution is -2.38. The second kappa shape index (κ2) is 6.70. The van der Waals surface area contributed by atoms with Crippen LogP contribution in [0.3, 0.4) is 0 Å². The van der Waals surface area contributed by atoms with Crippen molar-refractivity contribution in [2.75, 3.05) is 0 Å². The molecule has 0 unspecified atom stereocenters. The number of aromatic nitrogens is 3. The Labute approximate surface area is 139 Å². The summed E-state index contributed by atoms with van der Waals surface area (Å²) in [6, 6.07) is 13.3. The van der Waals surface area contributed by atoms with Crippen molar-refractivity contribution in [3.05, 3.63) is 70.9 Å². The third kappa shape index (κ3) is 3.22. The first kappa shape index (κ1) is 16.0. The highest BCUT2D eigenvalue weighted by Crippen LogP contribution is 2.21. The number of benzene rings is 1. The Morgan fingerprint density at radius 3 is 2.62 bits per heavy atom. The van der Waals surface area contributed by atoms with E-state index in [1.165, 1.54) is 9.08 Å². The van der Waals surface area contributed by atoms with Gasteiger partial charge in [0.25, 0.3) is 0 Å². The highest BCUT2D eigenvalue weighted by atomic mass is 16.2. The Kier molecular flexibility index (Phi) is 4.46. The number of amides is 1. The van der Waals surface area contributed by atoms with Gasteiger partial charge >= 0.3 is 5.69 Å². The summed E-state index contributed by atoms with van der Waals surface area (Å²) in [5.41, 5.74) is 1.43. The van der Waals surface area contributed by atoms with Gasteiger partial charge in [-0.15, -0.1) is 0 Å². The fraction of sp³-hybridized carbons (Fsp3) is 0.278. The van der Waals surface area contributed by atoms with Gasteiger partial charge < -0.3 is 5.32 Å². The molecular formula is C18H20N4O2. The number of fused-ring (bicyclic) bond motifs is 1. The van der Waals surface area contributed by atoms with Crippen molar-refractivity contribution < 1.29 is 4.79 Å². The maximum atomic E-state index is 12.4. The predicted molar refractivity (Wildman–Crippen MR) is 91.6 cm³/mol. The van der Waals surface area contributed by atoms with E-state index in [1.54, 1.807) is 24.5 Å². The third-order valence-corrected chi connectivity index (χ3v) is 3.97. The van der Waals surface area contributed by atoms with Gasteiger partial charge in [-0.25, -0.2) is 9.48 Å². The lowest BCUT2D eigenvalue weighted by molar-refractivity contribution is -0.123. The number of carbonyl (C=O) groups excluding carboxylic acids is 1. The first-order valence-electron chi connectivity index (χ1n) is 7.94. The molecule has 124 valence electrons. The maximum Gasteiger partial charge on any atom is 0.349 e. The van der Waals surface area contributed by atoms with Gasteiger partial charge in [-0.05, 0) is 23.6 Å². The van der Waals surface area contributed by atoms with Crippen LogP contribution in [0.5, 0.6) is 0 Å². The second-order valence-electron chi connectivity index (χ2n) is 6.09. The van der Waals surface area contributed by atoms with Crippen molar-refractivity contribution in [1.82, 2.24) is 19.5 Å². The number of hydrogen-bond acceptors (Lipinski definition) is 3. The zero-order valence-electron chi connectivity index (χ0n) is 13.7. The molecule has 1 aromatic carbocycles. The number of hydrogen-bond donors (Lipinski definition) is 1. The largest absolute Gasteiger partial charge is 0.349 e. The lowest BCUT2D eigenvalue weighted by atomic mass is 9.96. The van der Waals surface area contributed by atoms with Crippen molar-refractivity contribution in [2.45, 2.75) is 26.4 Å². The second-order valence-corrected chi connectivity index (χ2v) is 6.09. The number of rotatable bonds is 5. The van der Waals surface area contributed by atoms with Gasteiger partial charge in [0, 0.05) is 6.20 Å². The summed E-state index contributed by atoms with van der Waals surface area (Å²) in [7, 11) is 0. The molecule has 0 radical (unpaired) electrons. The van der Waals surface area contributed by atoms with Crippen LogP contribution in [0.1, 0.15) is 25.5 Å². The van der Waals surface area contributed by atoms with Gasteiger partial charge in [0.1, 0.15) is 6.54 Å². The van der Waals surface area contributed by atoms with Crippen molar-refractivity contribution in [2.24, 2.45) is 5.92 Å². The third-order valence-electron chi connectivity index (χ3n) is 3.97. The molecule has 0 aliphatic heterocycles. The van der Waals surface area contributed by atoms with E-state index in [9.17, 15) is 9.59 Å². The first-order valence-corrected chi connectivity index (χ1v) is 7.94. The molecule has 0 fully saturated rings. The van der Waals surface area contributed by atoms with Crippen molar-refractivity contribution in [3.8, 4) is 0 Å².